The largest absolute Gasteiger partial charge is 0.444 e. The Balaban J connectivity index is 1.89. The number of hydrogen-bond acceptors (Lipinski definition) is 4. The van der Waals surface area contributed by atoms with Crippen LogP contribution in [-0.2, 0) is 9.53 Å². The van der Waals surface area contributed by atoms with Crippen molar-refractivity contribution in [3.05, 3.63) is 29.3 Å². The Hall–Kier alpha value is -2.24. The number of ether oxygens (including phenoxy) is 1. The van der Waals surface area contributed by atoms with E-state index in [-0.39, 0.29) is 5.91 Å². The Morgan fingerprint density at radius 3 is 2.31 bits per heavy atom. The predicted octanol–water partition coefficient (Wildman–Crippen LogP) is 2.87. The van der Waals surface area contributed by atoms with E-state index in [0.717, 1.165) is 13.1 Å². The van der Waals surface area contributed by atoms with Crippen molar-refractivity contribution in [2.45, 2.75) is 53.2 Å². The number of carbonyl (C=O) groups is 2. The Morgan fingerprint density at radius 2 is 1.73 bits per heavy atom. The maximum absolute atomic E-state index is 12.6. The molecule has 0 radical (unpaired) electrons. The number of amides is 2. The fourth-order valence-corrected chi connectivity index (χ4v) is 3.07. The van der Waals surface area contributed by atoms with Crippen LogP contribution < -0.4 is 10.2 Å². The normalized spacial score (nSPS) is 16.2. The fourth-order valence-electron chi connectivity index (χ4n) is 3.07. The molecule has 6 nitrogen and oxygen atoms in total. The molecule has 2 rings (SSSR count). The SMILES string of the molecule is Cc1cccc(N2CCN(C(=O)C(C)NC(=O)OC(C)(C)C)CC2)c1C. The molecule has 0 saturated carbocycles. The third-order valence-corrected chi connectivity index (χ3v) is 4.61. The zero-order valence-corrected chi connectivity index (χ0v) is 16.8. The molecule has 0 aliphatic carbocycles. The molecule has 26 heavy (non-hydrogen) atoms. The summed E-state index contributed by atoms with van der Waals surface area (Å²) in [7, 11) is 0. The Morgan fingerprint density at radius 1 is 1.12 bits per heavy atom. The molecular formula is C20H31N3O3. The van der Waals surface area contributed by atoms with Gasteiger partial charge in [0.25, 0.3) is 0 Å². The minimum absolute atomic E-state index is 0.0727. The lowest BCUT2D eigenvalue weighted by Gasteiger charge is -2.38. The van der Waals surface area contributed by atoms with Gasteiger partial charge >= 0.3 is 6.09 Å². The number of hydrogen-bond donors (Lipinski definition) is 1. The lowest BCUT2D eigenvalue weighted by atomic mass is 10.1. The van der Waals surface area contributed by atoms with Crippen molar-refractivity contribution in [1.82, 2.24) is 10.2 Å². The summed E-state index contributed by atoms with van der Waals surface area (Å²) >= 11 is 0. The van der Waals surface area contributed by atoms with E-state index in [1.54, 1.807) is 27.7 Å². The maximum Gasteiger partial charge on any atom is 0.408 e. The fraction of sp³-hybridized carbons (Fsp3) is 0.600. The highest BCUT2D eigenvalue weighted by molar-refractivity contribution is 5.85. The van der Waals surface area contributed by atoms with Crippen LogP contribution in [0.1, 0.15) is 38.8 Å². The van der Waals surface area contributed by atoms with E-state index in [2.05, 4.69) is 42.3 Å². The summed E-state index contributed by atoms with van der Waals surface area (Å²) in [5.74, 6) is -0.0727. The highest BCUT2D eigenvalue weighted by Crippen LogP contribution is 2.24. The van der Waals surface area contributed by atoms with Gasteiger partial charge in [-0.3, -0.25) is 4.79 Å². The van der Waals surface area contributed by atoms with Crippen LogP contribution in [0.5, 0.6) is 0 Å². The molecule has 1 aromatic rings. The van der Waals surface area contributed by atoms with Crippen molar-refractivity contribution in [2.24, 2.45) is 0 Å². The number of nitrogens with one attached hydrogen (secondary N) is 1. The third kappa shape index (κ3) is 5.13. The molecule has 1 N–H and O–H groups in total. The van der Waals surface area contributed by atoms with Crippen LogP contribution in [0.3, 0.4) is 0 Å². The van der Waals surface area contributed by atoms with Gasteiger partial charge in [-0.25, -0.2) is 4.79 Å². The minimum Gasteiger partial charge on any atom is -0.444 e. The van der Waals surface area contributed by atoms with Crippen molar-refractivity contribution in [2.75, 3.05) is 31.1 Å². The van der Waals surface area contributed by atoms with Crippen LogP contribution in [0, 0.1) is 13.8 Å². The van der Waals surface area contributed by atoms with E-state index < -0.39 is 17.7 Å². The number of alkyl carbamates (subject to hydrolysis) is 1. The summed E-state index contributed by atoms with van der Waals surface area (Å²) in [4.78, 5) is 28.6. The van der Waals surface area contributed by atoms with Gasteiger partial charge in [0.1, 0.15) is 11.6 Å². The average molecular weight is 361 g/mol. The van der Waals surface area contributed by atoms with Crippen molar-refractivity contribution in [1.29, 1.82) is 0 Å². The van der Waals surface area contributed by atoms with E-state index in [1.165, 1.54) is 16.8 Å². The number of piperazine rings is 1. The number of carbonyl (C=O) groups excluding carboxylic acids is 2. The van der Waals surface area contributed by atoms with E-state index in [4.69, 9.17) is 4.74 Å². The molecule has 1 aromatic carbocycles. The predicted molar refractivity (Wildman–Crippen MR) is 104 cm³/mol. The second-order valence-electron chi connectivity index (χ2n) is 7.90. The van der Waals surface area contributed by atoms with Gasteiger partial charge in [-0.15, -0.1) is 0 Å². The number of rotatable bonds is 3. The zero-order valence-electron chi connectivity index (χ0n) is 16.8. The van der Waals surface area contributed by atoms with Gasteiger partial charge < -0.3 is 19.9 Å². The number of anilines is 1. The molecule has 1 unspecified atom stereocenters. The van der Waals surface area contributed by atoms with Crippen LogP contribution in [0.4, 0.5) is 10.5 Å². The summed E-state index contributed by atoms with van der Waals surface area (Å²) in [6.45, 7) is 14.2. The standard InChI is InChI=1S/C20H31N3O3/c1-14-8-7-9-17(15(14)2)22-10-12-23(13-11-22)18(24)16(3)21-19(25)26-20(4,5)6/h7-9,16H,10-13H2,1-6H3,(H,21,25). The first-order valence-corrected chi connectivity index (χ1v) is 9.18. The first-order chi connectivity index (χ1) is 12.1. The summed E-state index contributed by atoms with van der Waals surface area (Å²) in [6, 6.07) is 5.72. The highest BCUT2D eigenvalue weighted by Gasteiger charge is 2.27. The van der Waals surface area contributed by atoms with Gasteiger partial charge in [-0.1, -0.05) is 12.1 Å². The molecule has 6 heteroatoms. The molecule has 0 bridgehead atoms. The van der Waals surface area contributed by atoms with Crippen molar-refractivity contribution in [3.63, 3.8) is 0 Å². The summed E-state index contributed by atoms with van der Waals surface area (Å²) in [6.07, 6.45) is -0.563. The first kappa shape index (κ1) is 20.1. The Bertz CT molecular complexity index is 659. The topological polar surface area (TPSA) is 61.9 Å². The summed E-state index contributed by atoms with van der Waals surface area (Å²) in [5.41, 5.74) is 3.21. The lowest BCUT2D eigenvalue weighted by molar-refractivity contribution is -0.133. The maximum atomic E-state index is 12.6. The quantitative estimate of drug-likeness (QED) is 0.899. The van der Waals surface area contributed by atoms with Crippen LogP contribution in [0.2, 0.25) is 0 Å². The van der Waals surface area contributed by atoms with E-state index >= 15 is 0 Å². The molecule has 0 aromatic heterocycles. The van der Waals surface area contributed by atoms with Gasteiger partial charge in [0.15, 0.2) is 0 Å². The van der Waals surface area contributed by atoms with Crippen LogP contribution in [0.15, 0.2) is 18.2 Å². The molecule has 1 aliphatic heterocycles. The van der Waals surface area contributed by atoms with E-state index in [0.29, 0.717) is 13.1 Å². The molecule has 1 fully saturated rings. The van der Waals surface area contributed by atoms with Gasteiger partial charge in [-0.05, 0) is 58.7 Å². The van der Waals surface area contributed by atoms with Crippen LogP contribution >= 0.6 is 0 Å². The van der Waals surface area contributed by atoms with Crippen LogP contribution in [-0.4, -0.2) is 54.7 Å². The summed E-state index contributed by atoms with van der Waals surface area (Å²) < 4.78 is 5.22. The highest BCUT2D eigenvalue weighted by atomic mass is 16.6. The molecule has 1 saturated heterocycles. The van der Waals surface area contributed by atoms with Gasteiger partial charge in [0.2, 0.25) is 5.91 Å². The average Bonchev–Trinajstić information content (AvgIpc) is 2.55. The first-order valence-electron chi connectivity index (χ1n) is 9.18. The molecule has 0 spiro atoms. The Labute approximate surface area is 156 Å². The van der Waals surface area contributed by atoms with Crippen molar-refractivity contribution < 1.29 is 14.3 Å². The van der Waals surface area contributed by atoms with Crippen molar-refractivity contribution in [3.8, 4) is 0 Å². The number of aryl methyl sites for hydroxylation is 1. The molecule has 144 valence electrons. The number of nitrogens with zero attached hydrogens (tertiary/aromatic N) is 2. The van der Waals surface area contributed by atoms with Crippen molar-refractivity contribution >= 4 is 17.7 Å². The molecule has 1 aliphatic rings. The second-order valence-corrected chi connectivity index (χ2v) is 7.90. The van der Waals surface area contributed by atoms with Crippen LogP contribution in [0.25, 0.3) is 0 Å². The second kappa shape index (κ2) is 7.98. The molecule has 2 amide bonds. The van der Waals surface area contributed by atoms with E-state index in [1.807, 2.05) is 4.90 Å². The third-order valence-electron chi connectivity index (χ3n) is 4.61. The monoisotopic (exact) mass is 361 g/mol. The smallest absolute Gasteiger partial charge is 0.408 e. The lowest BCUT2D eigenvalue weighted by Crippen LogP contribution is -2.54. The van der Waals surface area contributed by atoms with Gasteiger partial charge in [0, 0.05) is 31.9 Å². The van der Waals surface area contributed by atoms with E-state index in [9.17, 15) is 9.59 Å². The van der Waals surface area contributed by atoms with Gasteiger partial charge in [-0.2, -0.15) is 0 Å². The van der Waals surface area contributed by atoms with Gasteiger partial charge in [0.05, 0.1) is 0 Å². The minimum atomic E-state index is -0.600. The molecule has 1 atom stereocenters. The number of benzene rings is 1. The molecular weight excluding hydrogens is 330 g/mol. The Kier molecular flexibility index (Phi) is 6.16. The summed E-state index contributed by atoms with van der Waals surface area (Å²) in [5, 5.41) is 2.63. The molecule has 1 heterocycles. The zero-order chi connectivity index (χ0) is 19.5.